The van der Waals surface area contributed by atoms with E-state index in [0.29, 0.717) is 0 Å². The van der Waals surface area contributed by atoms with Crippen LogP contribution in [0.1, 0.15) is 6.92 Å². The van der Waals surface area contributed by atoms with Crippen molar-refractivity contribution in [3.63, 3.8) is 0 Å². The molecule has 0 aromatic rings. The van der Waals surface area contributed by atoms with E-state index < -0.39 is 12.0 Å². The van der Waals surface area contributed by atoms with Gasteiger partial charge in [0.25, 0.3) is 0 Å². The Bertz CT molecular complexity index is 66.3. The van der Waals surface area contributed by atoms with Crippen molar-refractivity contribution in [3.05, 3.63) is 0 Å². The summed E-state index contributed by atoms with van der Waals surface area (Å²) in [5.74, 6) is -4.12. The van der Waals surface area contributed by atoms with E-state index in [0.717, 1.165) is 0 Å². The Hall–Kier alpha value is -0.320. The van der Waals surface area contributed by atoms with Gasteiger partial charge in [-0.1, -0.05) is 0 Å². The zero-order chi connectivity index (χ0) is 7.00. The molecule has 0 aliphatic heterocycles. The van der Waals surface area contributed by atoms with Gasteiger partial charge in [0, 0.05) is 6.92 Å². The summed E-state index contributed by atoms with van der Waals surface area (Å²) in [6.07, 6.45) is 0. The van der Waals surface area contributed by atoms with E-state index in [1.807, 2.05) is 0 Å². The molecule has 0 rings (SSSR count). The van der Waals surface area contributed by atoms with Crippen molar-refractivity contribution in [2.75, 3.05) is 0 Å². The van der Waals surface area contributed by atoms with Gasteiger partial charge < -0.3 is 0 Å². The Kier molecular flexibility index (Phi) is 1.52. The standard InChI is InChI=1S/C3H5F4N/c1-2(4,5)3(6,7)8/h8H2,1H3. The maximum atomic E-state index is 11.4. The predicted octanol–water partition coefficient (Wildman–Crippen LogP) is 1.19. The summed E-state index contributed by atoms with van der Waals surface area (Å²) >= 11 is 0. The molecule has 8 heavy (non-hydrogen) atoms. The first kappa shape index (κ1) is 7.68. The molecular weight excluding hydrogens is 126 g/mol. The fourth-order valence-electron chi connectivity index (χ4n) is 0. The first-order valence-electron chi connectivity index (χ1n) is 1.79. The van der Waals surface area contributed by atoms with E-state index in [4.69, 9.17) is 0 Å². The summed E-state index contributed by atoms with van der Waals surface area (Å²) < 4.78 is 45.2. The van der Waals surface area contributed by atoms with Crippen LogP contribution < -0.4 is 5.73 Å². The van der Waals surface area contributed by atoms with Crippen molar-refractivity contribution >= 4 is 0 Å². The number of halogens is 4. The Morgan fingerprint density at radius 3 is 1.25 bits per heavy atom. The molecule has 0 aromatic heterocycles. The van der Waals surface area contributed by atoms with Gasteiger partial charge in [0.2, 0.25) is 0 Å². The van der Waals surface area contributed by atoms with Gasteiger partial charge in [0.1, 0.15) is 0 Å². The lowest BCUT2D eigenvalue weighted by Gasteiger charge is -2.16. The third-order valence-corrected chi connectivity index (χ3v) is 0.585. The highest BCUT2D eigenvalue weighted by atomic mass is 19.3. The van der Waals surface area contributed by atoms with Crippen LogP contribution in [0.3, 0.4) is 0 Å². The van der Waals surface area contributed by atoms with Crippen molar-refractivity contribution in [1.82, 2.24) is 0 Å². The van der Waals surface area contributed by atoms with Gasteiger partial charge in [0.15, 0.2) is 0 Å². The quantitative estimate of drug-likeness (QED) is 0.420. The van der Waals surface area contributed by atoms with Crippen LogP contribution in [0, 0.1) is 0 Å². The van der Waals surface area contributed by atoms with Crippen LogP contribution in [0.2, 0.25) is 0 Å². The van der Waals surface area contributed by atoms with Crippen molar-refractivity contribution in [1.29, 1.82) is 0 Å². The second kappa shape index (κ2) is 1.58. The second-order valence-corrected chi connectivity index (χ2v) is 1.51. The van der Waals surface area contributed by atoms with Crippen molar-refractivity contribution in [2.45, 2.75) is 18.9 Å². The average Bonchev–Trinajstić information content (AvgIpc) is 1.25. The first-order chi connectivity index (χ1) is 3.25. The molecule has 0 radical (unpaired) electrons. The molecule has 0 spiro atoms. The third-order valence-electron chi connectivity index (χ3n) is 0.585. The molecule has 0 aliphatic rings. The van der Waals surface area contributed by atoms with Crippen LogP contribution in [0.25, 0.3) is 0 Å². The lowest BCUT2D eigenvalue weighted by molar-refractivity contribution is -0.193. The molecule has 50 valence electrons. The molecule has 0 saturated carbocycles. The summed E-state index contributed by atoms with van der Waals surface area (Å²) in [5.41, 5.74) is 3.73. The molecule has 5 heteroatoms. The smallest absolute Gasteiger partial charge is 0.267 e. The fraction of sp³-hybridized carbons (Fsp3) is 1.00. The fourth-order valence-corrected chi connectivity index (χ4v) is 0. The normalized spacial score (nSPS) is 14.2. The zero-order valence-electron chi connectivity index (χ0n) is 4.09. The van der Waals surface area contributed by atoms with E-state index in [9.17, 15) is 17.6 Å². The van der Waals surface area contributed by atoms with E-state index in [2.05, 4.69) is 5.73 Å². The monoisotopic (exact) mass is 131 g/mol. The van der Waals surface area contributed by atoms with Gasteiger partial charge in [-0.3, -0.25) is 5.73 Å². The van der Waals surface area contributed by atoms with Crippen LogP contribution in [-0.2, 0) is 0 Å². The highest BCUT2D eigenvalue weighted by molar-refractivity contribution is 4.72. The lowest BCUT2D eigenvalue weighted by atomic mass is 10.3. The summed E-state index contributed by atoms with van der Waals surface area (Å²) in [4.78, 5) is 0. The molecular formula is C3H5F4N. The van der Waals surface area contributed by atoms with Gasteiger partial charge in [-0.05, 0) is 0 Å². The van der Waals surface area contributed by atoms with Crippen LogP contribution in [0.4, 0.5) is 17.6 Å². The highest BCUT2D eigenvalue weighted by Gasteiger charge is 2.48. The summed E-state index contributed by atoms with van der Waals surface area (Å²) in [7, 11) is 0. The molecule has 0 bridgehead atoms. The maximum absolute atomic E-state index is 11.4. The Morgan fingerprint density at radius 1 is 1.12 bits per heavy atom. The lowest BCUT2D eigenvalue weighted by Crippen LogP contribution is -2.45. The Balaban J connectivity index is 4.02. The first-order valence-corrected chi connectivity index (χ1v) is 1.79. The van der Waals surface area contributed by atoms with Gasteiger partial charge in [0.05, 0.1) is 0 Å². The van der Waals surface area contributed by atoms with Crippen LogP contribution in [-0.4, -0.2) is 12.0 Å². The second-order valence-electron chi connectivity index (χ2n) is 1.51. The van der Waals surface area contributed by atoms with E-state index in [-0.39, 0.29) is 6.92 Å². The number of hydrogen-bond donors (Lipinski definition) is 1. The minimum absolute atomic E-state index is 0.0625. The Morgan fingerprint density at radius 2 is 1.25 bits per heavy atom. The minimum Gasteiger partial charge on any atom is -0.267 e. The predicted molar refractivity (Wildman–Crippen MR) is 19.8 cm³/mol. The zero-order valence-corrected chi connectivity index (χ0v) is 4.09. The molecule has 0 unspecified atom stereocenters. The van der Waals surface area contributed by atoms with Gasteiger partial charge in [-0.15, -0.1) is 0 Å². The van der Waals surface area contributed by atoms with Crippen LogP contribution in [0.5, 0.6) is 0 Å². The van der Waals surface area contributed by atoms with Crippen molar-refractivity contribution < 1.29 is 17.6 Å². The molecule has 0 aromatic carbocycles. The SMILES string of the molecule is CC(F)(F)C(N)(F)F. The summed E-state index contributed by atoms with van der Waals surface area (Å²) in [6.45, 7) is 0.0625. The topological polar surface area (TPSA) is 26.0 Å². The van der Waals surface area contributed by atoms with Crippen molar-refractivity contribution in [2.24, 2.45) is 5.73 Å². The average molecular weight is 131 g/mol. The van der Waals surface area contributed by atoms with Gasteiger partial charge >= 0.3 is 12.0 Å². The highest BCUT2D eigenvalue weighted by Crippen LogP contribution is 2.27. The Labute approximate surface area is 43.5 Å². The van der Waals surface area contributed by atoms with E-state index >= 15 is 0 Å². The summed E-state index contributed by atoms with van der Waals surface area (Å²) in [6, 6.07) is -4.40. The molecule has 0 aliphatic carbocycles. The molecule has 1 nitrogen and oxygen atoms in total. The molecule has 0 heterocycles. The minimum atomic E-state index is -4.40. The largest absolute Gasteiger partial charge is 0.362 e. The maximum Gasteiger partial charge on any atom is 0.362 e. The summed E-state index contributed by atoms with van der Waals surface area (Å²) in [5, 5.41) is 0. The van der Waals surface area contributed by atoms with Crippen LogP contribution in [0.15, 0.2) is 0 Å². The molecule has 0 saturated heterocycles. The molecule has 0 atom stereocenters. The third kappa shape index (κ3) is 1.65. The molecule has 0 amide bonds. The molecule has 2 N–H and O–H groups in total. The van der Waals surface area contributed by atoms with Crippen LogP contribution >= 0.6 is 0 Å². The number of hydrogen-bond acceptors (Lipinski definition) is 1. The number of nitrogens with two attached hydrogens (primary N) is 1. The number of rotatable bonds is 1. The van der Waals surface area contributed by atoms with E-state index in [1.165, 1.54) is 0 Å². The van der Waals surface area contributed by atoms with Gasteiger partial charge in [-0.2, -0.15) is 17.6 Å². The van der Waals surface area contributed by atoms with E-state index in [1.54, 1.807) is 0 Å². The van der Waals surface area contributed by atoms with Gasteiger partial charge in [-0.25, -0.2) is 0 Å². The van der Waals surface area contributed by atoms with Crippen molar-refractivity contribution in [3.8, 4) is 0 Å². The molecule has 0 fully saturated rings. The number of alkyl halides is 4.